The van der Waals surface area contributed by atoms with Gasteiger partial charge in [-0.25, -0.2) is 0 Å². The number of alkyl halides is 3. The summed E-state index contributed by atoms with van der Waals surface area (Å²) in [7, 11) is 2.13. The molecule has 6 heteroatoms. The van der Waals surface area contributed by atoms with Crippen molar-refractivity contribution in [2.75, 3.05) is 20.1 Å². The van der Waals surface area contributed by atoms with Gasteiger partial charge in [0.25, 0.3) is 0 Å². The predicted octanol–water partition coefficient (Wildman–Crippen LogP) is 11.1. The van der Waals surface area contributed by atoms with Crippen molar-refractivity contribution < 1.29 is 17.9 Å². The van der Waals surface area contributed by atoms with Crippen molar-refractivity contribution in [2.45, 2.75) is 60.2 Å². The lowest BCUT2D eigenvalue weighted by atomic mass is 9.85. The van der Waals surface area contributed by atoms with Gasteiger partial charge in [-0.3, -0.25) is 0 Å². The first kappa shape index (κ1) is 41.4. The van der Waals surface area contributed by atoms with Crippen molar-refractivity contribution in [2.24, 2.45) is 11.3 Å². The van der Waals surface area contributed by atoms with E-state index >= 15 is 0 Å². The minimum Gasteiger partial charge on any atom is -0.486 e. The first-order chi connectivity index (χ1) is 23.8. The molecule has 0 aromatic heterocycles. The molecule has 2 nitrogen and oxygen atoms in total. The normalized spacial score (nSPS) is 13.8. The fourth-order valence-electron chi connectivity index (χ4n) is 6.77. The Labute approximate surface area is 305 Å². The summed E-state index contributed by atoms with van der Waals surface area (Å²) in [5, 5.41) is 4.04. The highest BCUT2D eigenvalue weighted by atomic mass is 31.2. The third-order valence-corrected chi connectivity index (χ3v) is 13.3. The molecular weight excluding hydrogens is 658 g/mol. The predicted molar refractivity (Wildman–Crippen MR) is 216 cm³/mol. The topological polar surface area (TPSA) is 12.5 Å². The van der Waals surface area contributed by atoms with E-state index in [1.807, 2.05) is 30.3 Å². The van der Waals surface area contributed by atoms with E-state index in [0.717, 1.165) is 31.1 Å². The summed E-state index contributed by atoms with van der Waals surface area (Å²) < 4.78 is 45.4. The molecule has 0 aliphatic heterocycles. The Bertz CT molecular complexity index is 1640. The van der Waals surface area contributed by atoms with Crippen LogP contribution in [-0.2, 0) is 4.74 Å². The minimum absolute atomic E-state index is 0. The number of allylic oxidation sites excluding steroid dienone is 4. The minimum atomic E-state index is -4.48. The van der Waals surface area contributed by atoms with Crippen LogP contribution in [0.5, 0.6) is 0 Å². The Morgan fingerprint density at radius 1 is 0.784 bits per heavy atom. The van der Waals surface area contributed by atoms with E-state index in [1.54, 1.807) is 13.0 Å². The Morgan fingerprint density at radius 3 is 1.67 bits per heavy atom. The van der Waals surface area contributed by atoms with E-state index in [2.05, 4.69) is 136 Å². The van der Waals surface area contributed by atoms with Crippen LogP contribution in [-0.4, -0.2) is 37.0 Å². The molecule has 4 aromatic rings. The summed E-state index contributed by atoms with van der Waals surface area (Å²) in [5.41, 5.74) is -0.0184. The molecular formula is C45H55F3NOP. The maximum atomic E-state index is 13.0. The number of ether oxygens (including phenoxy) is 1. The van der Waals surface area contributed by atoms with Crippen LogP contribution < -0.4 is 15.9 Å². The number of hydrogen-bond acceptors (Lipinski definition) is 2. The van der Waals surface area contributed by atoms with Crippen molar-refractivity contribution in [1.82, 2.24) is 4.90 Å². The van der Waals surface area contributed by atoms with E-state index in [4.69, 9.17) is 4.74 Å². The van der Waals surface area contributed by atoms with Crippen LogP contribution in [0, 0.1) is 11.3 Å². The van der Waals surface area contributed by atoms with Gasteiger partial charge in [-0.1, -0.05) is 162 Å². The van der Waals surface area contributed by atoms with Gasteiger partial charge in [0.1, 0.15) is 11.9 Å². The van der Waals surface area contributed by atoms with Crippen LogP contribution in [0.15, 0.2) is 157 Å². The molecule has 0 aliphatic rings. The van der Waals surface area contributed by atoms with Crippen molar-refractivity contribution in [1.29, 1.82) is 0 Å². The molecule has 0 bridgehead atoms. The Hall–Kier alpha value is -4.05. The highest BCUT2D eigenvalue weighted by Gasteiger charge is 2.31. The lowest BCUT2D eigenvalue weighted by molar-refractivity contribution is -0.0878. The highest BCUT2D eigenvalue weighted by molar-refractivity contribution is 7.94. The van der Waals surface area contributed by atoms with Crippen LogP contribution in [0.25, 0.3) is 0 Å². The largest absolute Gasteiger partial charge is 0.486 e. The summed E-state index contributed by atoms with van der Waals surface area (Å²) in [4.78, 5) is 2.34. The van der Waals surface area contributed by atoms with E-state index < -0.39 is 18.6 Å². The number of halogens is 3. The molecule has 0 amide bonds. The van der Waals surface area contributed by atoms with Crippen LogP contribution in [0.1, 0.15) is 59.6 Å². The molecule has 4 rings (SSSR count). The average Bonchev–Trinajstić information content (AvgIpc) is 3.11. The number of nitrogens with zero attached hydrogens (tertiary/aromatic N) is 1. The van der Waals surface area contributed by atoms with Gasteiger partial charge in [0, 0.05) is 25.1 Å². The SMILES string of the molecule is C.C=C(/C=C\C(=C/C)OC(CCN(C)CC(C)CC(C)(C)C=P(c1ccccc1)(c1ccccc1)c1ccccc1)c1ccccc1)C(F)(F)F. The molecule has 0 heterocycles. The summed E-state index contributed by atoms with van der Waals surface area (Å²) in [6.07, 6.45) is 0.881. The first-order valence-corrected chi connectivity index (χ1v) is 19.1. The fourth-order valence-corrected chi connectivity index (χ4v) is 11.2. The van der Waals surface area contributed by atoms with Gasteiger partial charge in [-0.2, -0.15) is 13.2 Å². The Balaban J connectivity index is 0.00000702. The van der Waals surface area contributed by atoms with Crippen molar-refractivity contribution in [3.05, 3.63) is 163 Å². The zero-order valence-electron chi connectivity index (χ0n) is 30.0. The maximum Gasteiger partial charge on any atom is 0.415 e. The van der Waals surface area contributed by atoms with Crippen molar-refractivity contribution in [3.63, 3.8) is 0 Å². The monoisotopic (exact) mass is 713 g/mol. The summed E-state index contributed by atoms with van der Waals surface area (Å²) >= 11 is 0. The molecule has 51 heavy (non-hydrogen) atoms. The second-order valence-corrected chi connectivity index (χ2v) is 17.0. The number of hydrogen-bond donors (Lipinski definition) is 0. The van der Waals surface area contributed by atoms with E-state index in [1.165, 1.54) is 22.0 Å². The molecule has 0 fully saturated rings. The van der Waals surface area contributed by atoms with Gasteiger partial charge in [0.05, 0.1) is 0 Å². The van der Waals surface area contributed by atoms with Gasteiger partial charge < -0.3 is 9.64 Å². The molecule has 0 N–H and O–H groups in total. The molecule has 0 radical (unpaired) electrons. The maximum absolute atomic E-state index is 13.0. The second-order valence-electron chi connectivity index (χ2n) is 13.8. The first-order valence-electron chi connectivity index (χ1n) is 17.3. The lowest BCUT2D eigenvalue weighted by Gasteiger charge is -2.35. The van der Waals surface area contributed by atoms with Crippen molar-refractivity contribution >= 4 is 28.6 Å². The van der Waals surface area contributed by atoms with Crippen LogP contribution >= 0.6 is 6.89 Å². The number of benzene rings is 4. The highest BCUT2D eigenvalue weighted by Crippen LogP contribution is 2.47. The van der Waals surface area contributed by atoms with Gasteiger partial charge in [0.2, 0.25) is 0 Å². The third-order valence-electron chi connectivity index (χ3n) is 8.85. The zero-order valence-corrected chi connectivity index (χ0v) is 30.9. The molecule has 2 atom stereocenters. The molecule has 2 unspecified atom stereocenters. The number of rotatable bonds is 16. The van der Waals surface area contributed by atoms with Crippen molar-refractivity contribution in [3.8, 4) is 0 Å². The Kier molecular flexibility index (Phi) is 15.4. The summed E-state index contributed by atoms with van der Waals surface area (Å²) in [6, 6.07) is 42.7. The second kappa shape index (κ2) is 19.0. The molecule has 4 aromatic carbocycles. The zero-order chi connectivity index (χ0) is 36.2. The molecule has 0 spiro atoms. The quantitative estimate of drug-likeness (QED) is 0.0651. The molecule has 0 aliphatic carbocycles. The third kappa shape index (κ3) is 11.7. The smallest absolute Gasteiger partial charge is 0.415 e. The molecule has 0 saturated carbocycles. The van der Waals surface area contributed by atoms with E-state index in [-0.39, 0.29) is 18.9 Å². The van der Waals surface area contributed by atoms with Crippen LogP contribution in [0.4, 0.5) is 13.2 Å². The summed E-state index contributed by atoms with van der Waals surface area (Å²) in [6.45, 7) is 11.5. The fraction of sp³-hybridized carbons (Fsp3) is 0.311. The van der Waals surface area contributed by atoms with E-state index in [9.17, 15) is 13.2 Å². The lowest BCUT2D eigenvalue weighted by Crippen LogP contribution is -2.33. The van der Waals surface area contributed by atoms with Gasteiger partial charge >= 0.3 is 6.18 Å². The van der Waals surface area contributed by atoms with Gasteiger partial charge in [-0.15, -0.1) is 0 Å². The van der Waals surface area contributed by atoms with Crippen LogP contribution in [0.3, 0.4) is 0 Å². The van der Waals surface area contributed by atoms with Gasteiger partial charge in [-0.05, 0) is 78.3 Å². The van der Waals surface area contributed by atoms with Crippen LogP contribution in [0.2, 0.25) is 0 Å². The molecule has 272 valence electrons. The molecule has 0 saturated heterocycles. The van der Waals surface area contributed by atoms with E-state index in [0.29, 0.717) is 18.1 Å². The standard InChI is InChI=1S/C44H51F3NOP.CH4/c1-7-38(29-28-36(3)44(45,46)47)49-42(37-20-12-8-13-21-37)30-31-48(6)33-35(2)32-43(4,5)34-50(39-22-14-9-15-23-39,40-24-16-10-17-25-40)41-26-18-11-19-27-41;/h7-29,34-35,42H,3,30-33H2,1-2,4-6H3;1H4/b29-28-,38-7+;. The average molecular weight is 714 g/mol. The van der Waals surface area contributed by atoms with Gasteiger partial charge in [0.15, 0.2) is 0 Å². The Morgan fingerprint density at radius 2 is 1.24 bits per heavy atom. The summed E-state index contributed by atoms with van der Waals surface area (Å²) in [5.74, 6) is 3.43.